The fraction of sp³-hybridized carbons (Fsp3) is 0. The topological polar surface area (TPSA) is 38.9 Å². The van der Waals surface area contributed by atoms with Gasteiger partial charge in [-0.2, -0.15) is 0 Å². The summed E-state index contributed by atoms with van der Waals surface area (Å²) in [6, 6.07) is 8.29. The maximum atomic E-state index is 5.64. The van der Waals surface area contributed by atoms with Gasteiger partial charge in [0.25, 0.3) is 0 Å². The predicted octanol–water partition coefficient (Wildman–Crippen LogP) is 3.09. The molecule has 0 spiro atoms. The van der Waals surface area contributed by atoms with Crippen molar-refractivity contribution >= 4 is 47.4 Å². The molecule has 0 unspecified atom stereocenters. The minimum atomic E-state index is 0.659. The normalized spacial score (nSPS) is 11.4. The number of anilines is 1. The van der Waals surface area contributed by atoms with Crippen molar-refractivity contribution in [1.29, 1.82) is 0 Å². The Bertz CT molecular complexity index is 579. The maximum absolute atomic E-state index is 5.64. The molecule has 64 valence electrons. The van der Waals surface area contributed by atoms with Crippen molar-refractivity contribution in [2.45, 2.75) is 0 Å². The Kier molecular flexibility index (Phi) is 1.36. The van der Waals surface area contributed by atoms with Crippen LogP contribution in [0.2, 0.25) is 0 Å². The van der Waals surface area contributed by atoms with Gasteiger partial charge < -0.3 is 5.73 Å². The van der Waals surface area contributed by atoms with Gasteiger partial charge in [-0.3, -0.25) is 0 Å². The highest BCUT2D eigenvalue weighted by Gasteiger charge is 2.08. The number of rotatable bonds is 0. The highest BCUT2D eigenvalue weighted by atomic mass is 32.2. The SMILES string of the molecule is Nc1nc2c(s1)sc1ccccc12. The van der Waals surface area contributed by atoms with Crippen LogP contribution in [-0.4, -0.2) is 4.98 Å². The van der Waals surface area contributed by atoms with Gasteiger partial charge in [-0.15, -0.1) is 11.3 Å². The third-order valence-electron chi connectivity index (χ3n) is 1.96. The lowest BCUT2D eigenvalue weighted by Crippen LogP contribution is -1.79. The van der Waals surface area contributed by atoms with Crippen LogP contribution in [0.15, 0.2) is 24.3 Å². The van der Waals surface area contributed by atoms with Gasteiger partial charge >= 0.3 is 0 Å². The van der Waals surface area contributed by atoms with Gasteiger partial charge in [-0.1, -0.05) is 29.5 Å². The number of aromatic nitrogens is 1. The van der Waals surface area contributed by atoms with Gasteiger partial charge in [-0.05, 0) is 6.07 Å². The molecule has 0 aliphatic carbocycles. The van der Waals surface area contributed by atoms with E-state index < -0.39 is 0 Å². The number of nitrogen functional groups attached to an aromatic ring is 1. The fourth-order valence-electron chi connectivity index (χ4n) is 1.41. The van der Waals surface area contributed by atoms with E-state index in [1.165, 1.54) is 14.1 Å². The van der Waals surface area contributed by atoms with Gasteiger partial charge in [-0.25, -0.2) is 4.98 Å². The van der Waals surface area contributed by atoms with Crippen LogP contribution in [0.3, 0.4) is 0 Å². The molecule has 0 radical (unpaired) electrons. The Labute approximate surface area is 82.6 Å². The van der Waals surface area contributed by atoms with E-state index in [1.807, 2.05) is 12.1 Å². The van der Waals surface area contributed by atoms with E-state index in [0.717, 1.165) is 5.52 Å². The lowest BCUT2D eigenvalue weighted by atomic mass is 10.2. The largest absolute Gasteiger partial charge is 0.375 e. The van der Waals surface area contributed by atoms with Gasteiger partial charge in [0.15, 0.2) is 5.13 Å². The second-order valence-electron chi connectivity index (χ2n) is 2.79. The molecular formula is C9H6N2S2. The average molecular weight is 206 g/mol. The van der Waals surface area contributed by atoms with Gasteiger partial charge in [0.2, 0.25) is 0 Å². The minimum Gasteiger partial charge on any atom is -0.375 e. The quantitative estimate of drug-likeness (QED) is 0.614. The molecule has 1 aromatic carbocycles. The molecule has 3 aromatic rings. The molecule has 13 heavy (non-hydrogen) atoms. The Balaban J connectivity index is 2.60. The van der Waals surface area contributed by atoms with Crippen LogP contribution in [-0.2, 0) is 0 Å². The van der Waals surface area contributed by atoms with Crippen molar-refractivity contribution < 1.29 is 0 Å². The highest BCUT2D eigenvalue weighted by Crippen LogP contribution is 2.37. The van der Waals surface area contributed by atoms with E-state index in [4.69, 9.17) is 5.73 Å². The van der Waals surface area contributed by atoms with E-state index in [0.29, 0.717) is 5.13 Å². The molecule has 2 nitrogen and oxygen atoms in total. The summed E-state index contributed by atoms with van der Waals surface area (Å²) < 4.78 is 2.51. The standard InChI is InChI=1S/C9H6N2S2/c10-9-11-7-5-3-1-2-4-6(5)12-8(7)13-9/h1-4H,(H2,10,11). The van der Waals surface area contributed by atoms with Crippen molar-refractivity contribution in [2.24, 2.45) is 0 Å². The van der Waals surface area contributed by atoms with E-state index in [1.54, 1.807) is 22.7 Å². The molecule has 4 heteroatoms. The molecule has 0 amide bonds. The van der Waals surface area contributed by atoms with Crippen LogP contribution in [0.25, 0.3) is 19.6 Å². The Morgan fingerprint density at radius 3 is 2.92 bits per heavy atom. The van der Waals surface area contributed by atoms with Crippen molar-refractivity contribution in [3.8, 4) is 0 Å². The number of hydrogen-bond donors (Lipinski definition) is 1. The molecule has 0 saturated heterocycles. The Hall–Kier alpha value is -1.13. The highest BCUT2D eigenvalue weighted by molar-refractivity contribution is 7.42. The van der Waals surface area contributed by atoms with E-state index >= 15 is 0 Å². The van der Waals surface area contributed by atoms with Crippen molar-refractivity contribution in [3.63, 3.8) is 0 Å². The van der Waals surface area contributed by atoms with Gasteiger partial charge in [0, 0.05) is 10.1 Å². The van der Waals surface area contributed by atoms with E-state index in [2.05, 4.69) is 17.1 Å². The van der Waals surface area contributed by atoms with Crippen LogP contribution >= 0.6 is 22.7 Å². The second kappa shape index (κ2) is 2.43. The summed E-state index contributed by atoms with van der Waals surface area (Å²) in [5, 5.41) is 1.88. The number of hydrogen-bond acceptors (Lipinski definition) is 4. The minimum absolute atomic E-state index is 0.659. The zero-order valence-electron chi connectivity index (χ0n) is 6.65. The third kappa shape index (κ3) is 0.959. The summed E-state index contributed by atoms with van der Waals surface area (Å²) in [7, 11) is 0. The molecule has 0 aliphatic rings. The first kappa shape index (κ1) is 7.29. The summed E-state index contributed by atoms with van der Waals surface area (Å²) >= 11 is 3.32. The Morgan fingerprint density at radius 2 is 2.00 bits per heavy atom. The van der Waals surface area contributed by atoms with Gasteiger partial charge in [0.1, 0.15) is 9.53 Å². The lowest BCUT2D eigenvalue weighted by Gasteiger charge is -1.85. The molecule has 0 saturated carbocycles. The number of fused-ring (bicyclic) bond motifs is 3. The first-order chi connectivity index (χ1) is 6.34. The fourth-order valence-corrected chi connectivity index (χ4v) is 3.56. The smallest absolute Gasteiger partial charge is 0.181 e. The number of thiophene rings is 1. The van der Waals surface area contributed by atoms with Crippen LogP contribution < -0.4 is 5.73 Å². The van der Waals surface area contributed by atoms with E-state index in [-0.39, 0.29) is 0 Å². The zero-order valence-corrected chi connectivity index (χ0v) is 8.28. The molecule has 2 N–H and O–H groups in total. The predicted molar refractivity (Wildman–Crippen MR) is 59.4 cm³/mol. The van der Waals surface area contributed by atoms with Crippen molar-refractivity contribution in [1.82, 2.24) is 4.98 Å². The first-order valence-electron chi connectivity index (χ1n) is 3.88. The molecule has 3 rings (SSSR count). The van der Waals surface area contributed by atoms with Crippen LogP contribution in [0.5, 0.6) is 0 Å². The number of nitrogens with zero attached hydrogens (tertiary/aromatic N) is 1. The second-order valence-corrected chi connectivity index (χ2v) is 5.13. The number of thiazole rings is 1. The molecule has 0 atom stereocenters. The van der Waals surface area contributed by atoms with Crippen molar-refractivity contribution in [3.05, 3.63) is 24.3 Å². The summed E-state index contributed by atoms with van der Waals surface area (Å²) in [6.07, 6.45) is 0. The summed E-state index contributed by atoms with van der Waals surface area (Å²) in [5.74, 6) is 0. The molecule has 0 bridgehead atoms. The first-order valence-corrected chi connectivity index (χ1v) is 5.51. The zero-order chi connectivity index (χ0) is 8.84. The monoisotopic (exact) mass is 206 g/mol. The maximum Gasteiger partial charge on any atom is 0.181 e. The third-order valence-corrected chi connectivity index (χ3v) is 4.09. The molecule has 0 aliphatic heterocycles. The molecule has 2 aromatic heterocycles. The number of nitrogens with two attached hydrogens (primary N) is 1. The molecule has 2 heterocycles. The average Bonchev–Trinajstić information content (AvgIpc) is 2.60. The number of benzene rings is 1. The molecule has 0 fully saturated rings. The summed E-state index contributed by atoms with van der Waals surface area (Å²) in [6.45, 7) is 0. The van der Waals surface area contributed by atoms with Crippen LogP contribution in [0.4, 0.5) is 5.13 Å². The van der Waals surface area contributed by atoms with E-state index in [9.17, 15) is 0 Å². The van der Waals surface area contributed by atoms with Crippen LogP contribution in [0.1, 0.15) is 0 Å². The molecular weight excluding hydrogens is 200 g/mol. The Morgan fingerprint density at radius 1 is 1.15 bits per heavy atom. The lowest BCUT2D eigenvalue weighted by molar-refractivity contribution is 1.52. The van der Waals surface area contributed by atoms with Crippen molar-refractivity contribution in [2.75, 3.05) is 5.73 Å². The summed E-state index contributed by atoms with van der Waals surface area (Å²) in [4.78, 5) is 4.31. The summed E-state index contributed by atoms with van der Waals surface area (Å²) in [5.41, 5.74) is 6.70. The van der Waals surface area contributed by atoms with Crippen LogP contribution in [0, 0.1) is 0 Å². The van der Waals surface area contributed by atoms with Gasteiger partial charge in [0.05, 0.1) is 0 Å².